The summed E-state index contributed by atoms with van der Waals surface area (Å²) in [4.78, 5) is 37.3. The zero-order valence-electron chi connectivity index (χ0n) is 27.0. The molecule has 5 rings (SSSR count). The van der Waals surface area contributed by atoms with Gasteiger partial charge in [0.25, 0.3) is 5.91 Å². The molecule has 252 valence electrons. The van der Waals surface area contributed by atoms with E-state index in [4.69, 9.17) is 9.47 Å². The largest absolute Gasteiger partial charge is 0.497 e. The first-order valence-corrected chi connectivity index (χ1v) is 16.7. The summed E-state index contributed by atoms with van der Waals surface area (Å²) in [6, 6.07) is 18.5. The van der Waals surface area contributed by atoms with Gasteiger partial charge in [0.15, 0.2) is 11.6 Å². The molecule has 4 aromatic rings. The number of carbonyl (C=O) groups is 2. The van der Waals surface area contributed by atoms with Gasteiger partial charge in [0.1, 0.15) is 11.9 Å². The number of nitrogens with zero attached hydrogens (tertiary/aromatic N) is 4. The number of aliphatic hydroxyl groups is 1. The maximum absolute atomic E-state index is 13.8. The number of hydrogen-bond donors (Lipinski definition) is 3. The lowest BCUT2D eigenvalue weighted by atomic mass is 9.99. The Balaban J connectivity index is 1.44. The van der Waals surface area contributed by atoms with E-state index in [9.17, 15) is 23.1 Å². The van der Waals surface area contributed by atoms with Gasteiger partial charge in [0, 0.05) is 43.2 Å². The van der Waals surface area contributed by atoms with E-state index >= 15 is 0 Å². The number of fused-ring (bicyclic) bond motifs is 1. The highest BCUT2D eigenvalue weighted by atomic mass is 32.2. The van der Waals surface area contributed by atoms with Crippen LogP contribution in [0.3, 0.4) is 0 Å². The first-order chi connectivity index (χ1) is 23.0. The molecule has 0 saturated heterocycles. The van der Waals surface area contributed by atoms with Crippen molar-refractivity contribution in [2.24, 2.45) is 5.92 Å². The molecule has 3 amide bonds. The number of likely N-dealkylation sites (N-methyl/N-ethyl adjacent to an activating group) is 1. The Labute approximate surface area is 279 Å². The molecule has 0 aliphatic carbocycles. The van der Waals surface area contributed by atoms with Gasteiger partial charge in [-0.05, 0) is 61.5 Å². The number of para-hydroxylation sites is 1. The predicted molar refractivity (Wildman–Crippen MR) is 181 cm³/mol. The number of aliphatic hydroxyl groups excluding tert-OH is 1. The van der Waals surface area contributed by atoms with Crippen molar-refractivity contribution < 1.29 is 32.6 Å². The number of nitrogens with one attached hydrogen (secondary N) is 2. The van der Waals surface area contributed by atoms with Crippen molar-refractivity contribution in [3.05, 3.63) is 90.8 Å². The van der Waals surface area contributed by atoms with Gasteiger partial charge in [-0.3, -0.25) is 4.79 Å². The van der Waals surface area contributed by atoms with Gasteiger partial charge in [-0.25, -0.2) is 23.2 Å². The van der Waals surface area contributed by atoms with Crippen molar-refractivity contribution in [2.75, 3.05) is 44.5 Å². The molecule has 3 aromatic carbocycles. The zero-order chi connectivity index (χ0) is 34.4. The number of sulfonamides is 1. The molecule has 1 aliphatic heterocycles. The molecular weight excluding hydrogens is 636 g/mol. The molecule has 2 heterocycles. The molecule has 0 radical (unpaired) electrons. The van der Waals surface area contributed by atoms with Gasteiger partial charge in [-0.15, -0.1) is 0 Å². The Kier molecular flexibility index (Phi) is 10.6. The van der Waals surface area contributed by atoms with Crippen LogP contribution in [0.5, 0.6) is 11.5 Å². The third-order valence-electron chi connectivity index (χ3n) is 8.09. The SMILES string of the molecule is COc1ccc(S(=O)(=O)N(C)CC2Oc3c(NC(=O)Nc4cccc(-c5ncccn5)c4)cccc3C(=O)N(C(C)CO)CC2C)cc1. The van der Waals surface area contributed by atoms with Gasteiger partial charge in [-0.2, -0.15) is 4.31 Å². The summed E-state index contributed by atoms with van der Waals surface area (Å²) in [6.45, 7) is 3.42. The van der Waals surface area contributed by atoms with Crippen molar-refractivity contribution in [3.8, 4) is 22.9 Å². The molecule has 0 bridgehead atoms. The molecule has 0 spiro atoms. The van der Waals surface area contributed by atoms with Crippen LogP contribution in [0, 0.1) is 5.92 Å². The Hall–Kier alpha value is -5.05. The van der Waals surface area contributed by atoms with E-state index in [0.29, 0.717) is 22.8 Å². The molecule has 13 nitrogen and oxygen atoms in total. The first kappa shape index (κ1) is 34.3. The number of amides is 3. The molecule has 3 N–H and O–H groups in total. The van der Waals surface area contributed by atoms with Crippen LogP contribution in [0.25, 0.3) is 11.4 Å². The van der Waals surface area contributed by atoms with Crippen LogP contribution in [0.1, 0.15) is 24.2 Å². The smallest absolute Gasteiger partial charge is 0.323 e. The summed E-state index contributed by atoms with van der Waals surface area (Å²) < 4.78 is 39.9. The third-order valence-corrected chi connectivity index (χ3v) is 9.93. The van der Waals surface area contributed by atoms with Gasteiger partial charge in [0.2, 0.25) is 10.0 Å². The summed E-state index contributed by atoms with van der Waals surface area (Å²) in [5, 5.41) is 15.6. The van der Waals surface area contributed by atoms with Crippen LogP contribution in [-0.2, 0) is 10.0 Å². The van der Waals surface area contributed by atoms with Crippen LogP contribution < -0.4 is 20.1 Å². The highest BCUT2D eigenvalue weighted by molar-refractivity contribution is 7.89. The maximum Gasteiger partial charge on any atom is 0.323 e. The van der Waals surface area contributed by atoms with Gasteiger partial charge in [-0.1, -0.05) is 25.1 Å². The Morgan fingerprint density at radius 1 is 1.08 bits per heavy atom. The second kappa shape index (κ2) is 14.8. The molecule has 1 aromatic heterocycles. The van der Waals surface area contributed by atoms with E-state index in [-0.39, 0.29) is 47.5 Å². The molecule has 1 aliphatic rings. The Bertz CT molecular complexity index is 1860. The molecule has 3 unspecified atom stereocenters. The standard InChI is InChI=1S/C34H38N6O7S/c1-22-19-40(23(2)21-41)33(42)28-10-6-11-29(38-34(43)37-25-9-5-8-24(18-25)32-35-16-7-17-36-32)31(28)47-30(22)20-39(3)48(44,45)27-14-12-26(46-4)13-15-27/h5-18,22-23,30,41H,19-21H2,1-4H3,(H2,37,38,43). The summed E-state index contributed by atoms with van der Waals surface area (Å²) in [5.41, 5.74) is 1.55. The number of urea groups is 1. The van der Waals surface area contributed by atoms with Crippen LogP contribution in [0.15, 0.2) is 90.1 Å². The van der Waals surface area contributed by atoms with Crippen LogP contribution in [-0.4, -0.2) is 90.6 Å². The number of aromatic nitrogens is 2. The molecule has 48 heavy (non-hydrogen) atoms. The molecular formula is C34H38N6O7S. The number of carbonyl (C=O) groups excluding carboxylic acids is 2. The average molecular weight is 675 g/mol. The van der Waals surface area contributed by atoms with E-state index in [1.165, 1.54) is 35.5 Å². The fourth-order valence-electron chi connectivity index (χ4n) is 5.31. The fraction of sp³-hybridized carbons (Fsp3) is 0.294. The van der Waals surface area contributed by atoms with Gasteiger partial charge >= 0.3 is 6.03 Å². The van der Waals surface area contributed by atoms with Crippen molar-refractivity contribution in [3.63, 3.8) is 0 Å². The first-order valence-electron chi connectivity index (χ1n) is 15.3. The Morgan fingerprint density at radius 2 is 1.79 bits per heavy atom. The monoisotopic (exact) mass is 674 g/mol. The minimum atomic E-state index is -3.93. The number of hydrogen-bond acceptors (Lipinski definition) is 9. The lowest BCUT2D eigenvalue weighted by Gasteiger charge is -2.38. The lowest BCUT2D eigenvalue weighted by molar-refractivity contribution is 0.0389. The average Bonchev–Trinajstić information content (AvgIpc) is 3.10. The van der Waals surface area contributed by atoms with Crippen LogP contribution >= 0.6 is 0 Å². The van der Waals surface area contributed by atoms with Crippen LogP contribution in [0.2, 0.25) is 0 Å². The molecule has 0 fully saturated rings. The van der Waals surface area contributed by atoms with Gasteiger partial charge in [0.05, 0.1) is 42.4 Å². The van der Waals surface area contributed by atoms with E-state index in [2.05, 4.69) is 20.6 Å². The number of ether oxygens (including phenoxy) is 2. The quantitative estimate of drug-likeness (QED) is 0.222. The topological polar surface area (TPSA) is 163 Å². The summed E-state index contributed by atoms with van der Waals surface area (Å²) in [6.07, 6.45) is 2.50. The molecule has 0 saturated carbocycles. The number of anilines is 2. The number of methoxy groups -OCH3 is 1. The van der Waals surface area contributed by atoms with E-state index in [1.807, 2.05) is 13.0 Å². The van der Waals surface area contributed by atoms with E-state index in [0.717, 1.165) is 0 Å². The Morgan fingerprint density at radius 3 is 2.48 bits per heavy atom. The van der Waals surface area contributed by atoms with E-state index < -0.39 is 34.1 Å². The third kappa shape index (κ3) is 7.56. The summed E-state index contributed by atoms with van der Waals surface area (Å²) >= 11 is 0. The minimum absolute atomic E-state index is 0.0701. The van der Waals surface area contributed by atoms with Crippen LogP contribution in [0.4, 0.5) is 16.2 Å². The predicted octanol–water partition coefficient (Wildman–Crippen LogP) is 4.34. The second-order valence-corrected chi connectivity index (χ2v) is 13.5. The lowest BCUT2D eigenvalue weighted by Crippen LogP contribution is -2.50. The molecule has 14 heteroatoms. The summed E-state index contributed by atoms with van der Waals surface area (Å²) in [5.74, 6) is 0.338. The summed E-state index contributed by atoms with van der Waals surface area (Å²) in [7, 11) is -0.972. The zero-order valence-corrected chi connectivity index (χ0v) is 27.8. The normalized spacial score (nSPS) is 17.0. The second-order valence-electron chi connectivity index (χ2n) is 11.5. The van der Waals surface area contributed by atoms with Crippen molar-refractivity contribution >= 4 is 33.3 Å². The highest BCUT2D eigenvalue weighted by Gasteiger charge is 2.36. The highest BCUT2D eigenvalue weighted by Crippen LogP contribution is 2.35. The van der Waals surface area contributed by atoms with Gasteiger partial charge < -0.3 is 30.1 Å². The maximum atomic E-state index is 13.8. The van der Waals surface area contributed by atoms with Crippen molar-refractivity contribution in [1.29, 1.82) is 0 Å². The minimum Gasteiger partial charge on any atom is -0.497 e. The fourth-order valence-corrected chi connectivity index (χ4v) is 6.49. The van der Waals surface area contributed by atoms with E-state index in [1.54, 1.807) is 73.9 Å². The van der Waals surface area contributed by atoms with Crippen molar-refractivity contribution in [2.45, 2.75) is 30.9 Å². The molecule has 3 atom stereocenters. The number of benzene rings is 3. The number of rotatable bonds is 10. The van der Waals surface area contributed by atoms with Crippen molar-refractivity contribution in [1.82, 2.24) is 19.2 Å².